The maximum atomic E-state index is 13.3. The molecule has 2 heterocycles. The predicted octanol–water partition coefficient (Wildman–Crippen LogP) is 2.12. The van der Waals surface area contributed by atoms with Crippen LogP contribution in [0, 0.1) is 5.92 Å². The first kappa shape index (κ1) is 18.7. The molecule has 4 rings (SSSR count). The molecule has 6 nitrogen and oxygen atoms in total. The Hall–Kier alpha value is -2.05. The number of aromatic nitrogens is 2. The number of aromatic amines is 1. The summed E-state index contributed by atoms with van der Waals surface area (Å²) in [6.45, 7) is 2.32. The molecular formula is C19H25ClN4O2. The van der Waals surface area contributed by atoms with Crippen molar-refractivity contribution >= 4 is 18.3 Å². The number of rotatable bonds is 3. The van der Waals surface area contributed by atoms with Crippen LogP contribution >= 0.6 is 12.4 Å². The van der Waals surface area contributed by atoms with Crippen LogP contribution in [0.2, 0.25) is 0 Å². The topological polar surface area (TPSA) is 70.2 Å². The standard InChI is InChI=1S/C19H24N4O2.ClH/c1-25-18-5-3-2-4-15(18)17-12-20-8-9-23(17)19(24)13-6-7-14-11-21-22-16(14)10-13;/h2-5,11,13,17,20H,6-10,12H2,1H3,(H,21,22);1H. The SMILES string of the molecule is COc1ccccc1C1CNCCN1C(=O)C1CCc2cn[nH]c2C1.Cl. The number of para-hydroxylation sites is 1. The second-order valence-corrected chi connectivity index (χ2v) is 6.81. The number of carbonyl (C=O) groups excluding carboxylic acids is 1. The van der Waals surface area contributed by atoms with Crippen molar-refractivity contribution in [3.8, 4) is 5.75 Å². The number of hydrogen-bond donors (Lipinski definition) is 2. The Balaban J connectivity index is 0.00000196. The van der Waals surface area contributed by atoms with Gasteiger partial charge >= 0.3 is 0 Å². The van der Waals surface area contributed by atoms with E-state index in [-0.39, 0.29) is 30.3 Å². The van der Waals surface area contributed by atoms with Crippen molar-refractivity contribution < 1.29 is 9.53 Å². The fourth-order valence-corrected chi connectivity index (χ4v) is 4.04. The molecular weight excluding hydrogens is 352 g/mol. The molecule has 1 amide bonds. The van der Waals surface area contributed by atoms with Gasteiger partial charge in [-0.05, 0) is 24.5 Å². The molecule has 0 bridgehead atoms. The van der Waals surface area contributed by atoms with E-state index in [2.05, 4.69) is 21.6 Å². The highest BCUT2D eigenvalue weighted by atomic mass is 35.5. The van der Waals surface area contributed by atoms with Gasteiger partial charge in [-0.3, -0.25) is 9.89 Å². The molecule has 2 aliphatic rings. The lowest BCUT2D eigenvalue weighted by Crippen LogP contribution is -2.51. The van der Waals surface area contributed by atoms with Crippen molar-refractivity contribution in [3.63, 3.8) is 0 Å². The van der Waals surface area contributed by atoms with E-state index in [1.54, 1.807) is 7.11 Å². The van der Waals surface area contributed by atoms with Crippen LogP contribution < -0.4 is 10.1 Å². The minimum absolute atomic E-state index is 0. The van der Waals surface area contributed by atoms with Gasteiger partial charge in [0, 0.05) is 43.2 Å². The maximum Gasteiger partial charge on any atom is 0.226 e. The second-order valence-electron chi connectivity index (χ2n) is 6.81. The van der Waals surface area contributed by atoms with E-state index in [4.69, 9.17) is 4.74 Å². The van der Waals surface area contributed by atoms with Gasteiger partial charge in [-0.25, -0.2) is 0 Å². The molecule has 1 aromatic heterocycles. The zero-order valence-corrected chi connectivity index (χ0v) is 15.7. The summed E-state index contributed by atoms with van der Waals surface area (Å²) in [5.74, 6) is 1.12. The molecule has 0 radical (unpaired) electrons. The Labute approximate surface area is 159 Å². The number of carbonyl (C=O) groups is 1. The lowest BCUT2D eigenvalue weighted by atomic mass is 9.86. The molecule has 1 aromatic carbocycles. The fourth-order valence-electron chi connectivity index (χ4n) is 4.04. The molecule has 1 aliphatic heterocycles. The van der Waals surface area contributed by atoms with Crippen LogP contribution in [0.3, 0.4) is 0 Å². The van der Waals surface area contributed by atoms with E-state index < -0.39 is 0 Å². The van der Waals surface area contributed by atoms with Crippen LogP contribution in [0.1, 0.15) is 29.3 Å². The molecule has 1 aliphatic carbocycles. The van der Waals surface area contributed by atoms with Crippen molar-refractivity contribution in [1.29, 1.82) is 0 Å². The lowest BCUT2D eigenvalue weighted by Gasteiger charge is -2.39. The number of ether oxygens (including phenoxy) is 1. The number of H-pyrrole nitrogens is 1. The number of halogens is 1. The number of fused-ring (bicyclic) bond motifs is 1. The predicted molar refractivity (Wildman–Crippen MR) is 102 cm³/mol. The zero-order chi connectivity index (χ0) is 17.2. The first-order valence-corrected chi connectivity index (χ1v) is 8.93. The molecule has 2 N–H and O–H groups in total. The summed E-state index contributed by atoms with van der Waals surface area (Å²) in [5.41, 5.74) is 3.45. The van der Waals surface area contributed by atoms with Gasteiger partial charge in [0.25, 0.3) is 0 Å². The fraction of sp³-hybridized carbons (Fsp3) is 0.474. The molecule has 0 saturated carbocycles. The highest BCUT2D eigenvalue weighted by molar-refractivity contribution is 5.85. The van der Waals surface area contributed by atoms with Crippen LogP contribution in [0.25, 0.3) is 0 Å². The molecule has 1 fully saturated rings. The average Bonchev–Trinajstić information content (AvgIpc) is 3.15. The Morgan fingerprint density at radius 2 is 2.19 bits per heavy atom. The number of amides is 1. The quantitative estimate of drug-likeness (QED) is 0.860. The molecule has 7 heteroatoms. The highest BCUT2D eigenvalue weighted by Crippen LogP contribution is 2.33. The lowest BCUT2D eigenvalue weighted by molar-refractivity contribution is -0.139. The summed E-state index contributed by atoms with van der Waals surface area (Å²) in [5, 5.41) is 10.6. The van der Waals surface area contributed by atoms with Crippen molar-refractivity contribution in [2.24, 2.45) is 5.92 Å². The number of nitrogens with one attached hydrogen (secondary N) is 2. The number of hydrogen-bond acceptors (Lipinski definition) is 4. The normalized spacial score (nSPS) is 22.3. The Bertz CT molecular complexity index is 764. The van der Waals surface area contributed by atoms with Crippen LogP contribution in [-0.4, -0.2) is 47.7 Å². The number of aryl methyl sites for hydroxylation is 1. The van der Waals surface area contributed by atoms with Crippen molar-refractivity contribution in [2.75, 3.05) is 26.7 Å². The Morgan fingerprint density at radius 1 is 1.35 bits per heavy atom. The molecule has 2 aromatic rings. The van der Waals surface area contributed by atoms with Crippen LogP contribution in [0.5, 0.6) is 5.75 Å². The first-order valence-electron chi connectivity index (χ1n) is 8.93. The second kappa shape index (κ2) is 8.10. The number of benzene rings is 1. The van der Waals surface area contributed by atoms with Crippen molar-refractivity contribution in [1.82, 2.24) is 20.4 Å². The molecule has 0 spiro atoms. The third-order valence-electron chi connectivity index (χ3n) is 5.39. The molecule has 26 heavy (non-hydrogen) atoms. The Kier molecular flexibility index (Phi) is 5.84. The van der Waals surface area contributed by atoms with E-state index in [9.17, 15) is 4.79 Å². The minimum atomic E-state index is 0. The number of nitrogens with zero attached hydrogens (tertiary/aromatic N) is 2. The van der Waals surface area contributed by atoms with Crippen LogP contribution in [0.4, 0.5) is 0 Å². The maximum absolute atomic E-state index is 13.3. The third kappa shape index (κ3) is 3.44. The van der Waals surface area contributed by atoms with Gasteiger partial charge < -0.3 is 15.0 Å². The summed E-state index contributed by atoms with van der Waals surface area (Å²) in [4.78, 5) is 15.3. The van der Waals surface area contributed by atoms with E-state index in [0.717, 1.165) is 55.9 Å². The first-order chi connectivity index (χ1) is 12.3. The zero-order valence-electron chi connectivity index (χ0n) is 14.9. The third-order valence-corrected chi connectivity index (χ3v) is 5.39. The van der Waals surface area contributed by atoms with Crippen molar-refractivity contribution in [3.05, 3.63) is 47.3 Å². The van der Waals surface area contributed by atoms with Gasteiger partial charge in [0.05, 0.1) is 19.3 Å². The molecule has 140 valence electrons. The summed E-state index contributed by atoms with van der Waals surface area (Å²) < 4.78 is 5.53. The van der Waals surface area contributed by atoms with Gasteiger partial charge in [0.15, 0.2) is 0 Å². The van der Waals surface area contributed by atoms with Gasteiger partial charge in [-0.15, -0.1) is 12.4 Å². The largest absolute Gasteiger partial charge is 0.496 e. The highest BCUT2D eigenvalue weighted by Gasteiger charge is 2.35. The Morgan fingerprint density at radius 3 is 3.04 bits per heavy atom. The summed E-state index contributed by atoms with van der Waals surface area (Å²) in [6.07, 6.45) is 4.47. The van der Waals surface area contributed by atoms with Gasteiger partial charge in [0.2, 0.25) is 5.91 Å². The van der Waals surface area contributed by atoms with Crippen LogP contribution in [-0.2, 0) is 17.6 Å². The van der Waals surface area contributed by atoms with E-state index >= 15 is 0 Å². The van der Waals surface area contributed by atoms with Crippen LogP contribution in [0.15, 0.2) is 30.5 Å². The van der Waals surface area contributed by atoms with Gasteiger partial charge in [-0.2, -0.15) is 5.10 Å². The minimum Gasteiger partial charge on any atom is -0.496 e. The summed E-state index contributed by atoms with van der Waals surface area (Å²) in [7, 11) is 1.68. The van der Waals surface area contributed by atoms with Crippen molar-refractivity contribution in [2.45, 2.75) is 25.3 Å². The van der Waals surface area contributed by atoms with Gasteiger partial charge in [-0.1, -0.05) is 18.2 Å². The van der Waals surface area contributed by atoms with E-state index in [1.165, 1.54) is 5.56 Å². The summed E-state index contributed by atoms with van der Waals surface area (Å²) >= 11 is 0. The smallest absolute Gasteiger partial charge is 0.226 e. The van der Waals surface area contributed by atoms with E-state index in [0.29, 0.717) is 0 Å². The number of piperazine rings is 1. The average molecular weight is 377 g/mol. The molecule has 2 unspecified atom stereocenters. The number of methoxy groups -OCH3 is 1. The molecule has 2 atom stereocenters. The van der Waals surface area contributed by atoms with Gasteiger partial charge in [0.1, 0.15) is 5.75 Å². The summed E-state index contributed by atoms with van der Waals surface area (Å²) in [6, 6.07) is 8.01. The molecule has 1 saturated heterocycles. The van der Waals surface area contributed by atoms with E-state index in [1.807, 2.05) is 29.3 Å². The monoisotopic (exact) mass is 376 g/mol.